The molecule has 4 aromatic rings. The number of ether oxygens (including phenoxy) is 1. The van der Waals surface area contributed by atoms with E-state index in [4.69, 9.17) is 17.0 Å². The van der Waals surface area contributed by atoms with E-state index in [1.165, 1.54) is 0 Å². The van der Waals surface area contributed by atoms with Crippen LogP contribution < -0.4 is 20.9 Å². The zero-order valence-electron chi connectivity index (χ0n) is 21.5. The smallest absolute Gasteiger partial charge is 0.338 e. The number of carbonyl (C=O) groups is 1. The van der Waals surface area contributed by atoms with Crippen molar-refractivity contribution in [1.82, 2.24) is 20.3 Å². The number of esters is 1. The van der Waals surface area contributed by atoms with Crippen molar-refractivity contribution in [2.75, 3.05) is 22.1 Å². The number of nitrogens with zero attached hydrogens (tertiary/aromatic N) is 4. The predicted molar refractivity (Wildman–Crippen MR) is 156 cm³/mol. The minimum atomic E-state index is -0.486. The van der Waals surface area contributed by atoms with Crippen LogP contribution in [0.1, 0.15) is 25.5 Å². The van der Waals surface area contributed by atoms with Crippen molar-refractivity contribution in [3.63, 3.8) is 0 Å². The second kappa shape index (κ2) is 11.7. The molecule has 2 heterocycles. The van der Waals surface area contributed by atoms with Gasteiger partial charge in [-0.25, -0.2) is 4.79 Å². The first-order valence-corrected chi connectivity index (χ1v) is 12.9. The van der Waals surface area contributed by atoms with E-state index in [0.717, 1.165) is 16.9 Å². The quantitative estimate of drug-likeness (QED) is 0.193. The Kier molecular flexibility index (Phi) is 7.74. The highest BCUT2D eigenvalue weighted by atomic mass is 32.1. The Balaban J connectivity index is 1.61. The molecule has 3 N–H and O–H groups in total. The average molecular weight is 538 g/mol. The van der Waals surface area contributed by atoms with E-state index >= 15 is 0 Å². The molecular weight excluding hydrogens is 510 g/mol. The first-order chi connectivity index (χ1) is 19.0. The molecule has 39 heavy (non-hydrogen) atoms. The van der Waals surface area contributed by atoms with Gasteiger partial charge in [-0.15, -0.1) is 0 Å². The van der Waals surface area contributed by atoms with Gasteiger partial charge >= 0.3 is 5.97 Å². The summed E-state index contributed by atoms with van der Waals surface area (Å²) < 4.78 is 5.44. The third kappa shape index (κ3) is 5.86. The SMILES string of the molecule is CCOC(=O)C1=C(C)N(c2nc(Nc3ccccc3)nc(Nc3ccccc3)n2)C(=S)NC1c1ccccc1. The van der Waals surface area contributed by atoms with Crippen LogP contribution >= 0.6 is 12.2 Å². The van der Waals surface area contributed by atoms with E-state index in [1.807, 2.05) is 97.9 Å². The van der Waals surface area contributed by atoms with Crippen LogP contribution in [0.5, 0.6) is 0 Å². The lowest BCUT2D eigenvalue weighted by atomic mass is 9.95. The molecule has 1 aliphatic rings. The molecule has 5 rings (SSSR count). The minimum Gasteiger partial charge on any atom is -0.463 e. The summed E-state index contributed by atoms with van der Waals surface area (Å²) in [6, 6.07) is 28.3. The van der Waals surface area contributed by atoms with Gasteiger partial charge in [-0.2, -0.15) is 15.0 Å². The van der Waals surface area contributed by atoms with Gasteiger partial charge in [0, 0.05) is 17.1 Å². The fourth-order valence-corrected chi connectivity index (χ4v) is 4.57. The number of nitrogens with one attached hydrogen (secondary N) is 3. The van der Waals surface area contributed by atoms with Gasteiger partial charge in [0.05, 0.1) is 18.2 Å². The number of allylic oxidation sites excluding steroid dienone is 1. The average Bonchev–Trinajstić information content (AvgIpc) is 2.94. The van der Waals surface area contributed by atoms with Gasteiger partial charge in [0.25, 0.3) is 0 Å². The Morgan fingerprint density at radius 2 is 1.38 bits per heavy atom. The van der Waals surface area contributed by atoms with E-state index in [1.54, 1.807) is 11.8 Å². The topological polar surface area (TPSA) is 104 Å². The number of hydrogen-bond acceptors (Lipinski definition) is 8. The van der Waals surface area contributed by atoms with E-state index < -0.39 is 12.0 Å². The third-order valence-electron chi connectivity index (χ3n) is 6.00. The molecule has 196 valence electrons. The molecule has 1 unspecified atom stereocenters. The van der Waals surface area contributed by atoms with E-state index in [9.17, 15) is 4.79 Å². The fraction of sp³-hybridized carbons (Fsp3) is 0.138. The summed E-state index contributed by atoms with van der Waals surface area (Å²) in [7, 11) is 0. The van der Waals surface area contributed by atoms with E-state index in [0.29, 0.717) is 28.3 Å². The summed E-state index contributed by atoms with van der Waals surface area (Å²) in [5.74, 6) is 0.416. The zero-order valence-corrected chi connectivity index (χ0v) is 22.3. The highest BCUT2D eigenvalue weighted by Crippen LogP contribution is 2.34. The molecule has 1 aromatic heterocycles. The molecule has 1 aliphatic heterocycles. The number of anilines is 5. The normalized spacial score (nSPS) is 15.0. The first kappa shape index (κ1) is 25.8. The van der Waals surface area contributed by atoms with Crippen LogP contribution in [-0.4, -0.2) is 32.6 Å². The van der Waals surface area contributed by atoms with Crippen LogP contribution in [0.4, 0.5) is 29.2 Å². The summed E-state index contributed by atoms with van der Waals surface area (Å²) in [6.07, 6.45) is 0. The molecule has 0 aliphatic carbocycles. The maximum Gasteiger partial charge on any atom is 0.338 e. The molecule has 0 saturated carbocycles. The van der Waals surface area contributed by atoms with Gasteiger partial charge in [0.15, 0.2) is 5.11 Å². The Morgan fingerprint density at radius 3 is 1.90 bits per heavy atom. The second-order valence-corrected chi connectivity index (χ2v) is 9.00. The summed E-state index contributed by atoms with van der Waals surface area (Å²) in [5, 5.41) is 10.1. The summed E-state index contributed by atoms with van der Waals surface area (Å²) in [4.78, 5) is 28.8. The minimum absolute atomic E-state index is 0.240. The summed E-state index contributed by atoms with van der Waals surface area (Å²) >= 11 is 5.80. The predicted octanol–water partition coefficient (Wildman–Crippen LogP) is 5.63. The monoisotopic (exact) mass is 537 g/mol. The first-order valence-electron chi connectivity index (χ1n) is 12.5. The maximum atomic E-state index is 13.2. The van der Waals surface area contributed by atoms with Gasteiger partial charge in [0.2, 0.25) is 17.8 Å². The van der Waals surface area contributed by atoms with Crippen molar-refractivity contribution < 1.29 is 9.53 Å². The number of hydrogen-bond donors (Lipinski definition) is 3. The summed E-state index contributed by atoms with van der Waals surface area (Å²) in [6.45, 7) is 3.83. The molecule has 1 atom stereocenters. The molecule has 9 nitrogen and oxygen atoms in total. The molecule has 0 spiro atoms. The number of benzene rings is 3. The Bertz CT molecular complexity index is 1440. The van der Waals surface area contributed by atoms with Crippen LogP contribution in [-0.2, 0) is 9.53 Å². The van der Waals surface area contributed by atoms with E-state index in [2.05, 4.69) is 30.9 Å². The molecule has 10 heteroatoms. The highest BCUT2D eigenvalue weighted by Gasteiger charge is 2.36. The molecule has 0 fully saturated rings. The maximum absolute atomic E-state index is 13.2. The number of aromatic nitrogens is 3. The van der Waals surface area contributed by atoms with Crippen molar-refractivity contribution in [2.24, 2.45) is 0 Å². The largest absolute Gasteiger partial charge is 0.463 e. The van der Waals surface area contributed by atoms with Crippen molar-refractivity contribution in [3.8, 4) is 0 Å². The molecule has 0 bridgehead atoms. The summed E-state index contributed by atoms with van der Waals surface area (Å²) in [5.41, 5.74) is 3.49. The van der Waals surface area contributed by atoms with Crippen LogP contribution in [0, 0.1) is 0 Å². The number of rotatable bonds is 8. The zero-order chi connectivity index (χ0) is 27.2. The molecule has 0 radical (unpaired) electrons. The Hall–Kier alpha value is -4.83. The van der Waals surface area contributed by atoms with Crippen molar-refractivity contribution in [3.05, 3.63) is 108 Å². The molecule has 0 amide bonds. The van der Waals surface area contributed by atoms with Gasteiger partial charge in [-0.05, 0) is 55.9 Å². The third-order valence-corrected chi connectivity index (χ3v) is 6.30. The lowest BCUT2D eigenvalue weighted by Crippen LogP contribution is -2.48. The lowest BCUT2D eigenvalue weighted by Gasteiger charge is -2.36. The van der Waals surface area contributed by atoms with Gasteiger partial charge in [-0.3, -0.25) is 4.90 Å². The van der Waals surface area contributed by atoms with Crippen LogP contribution in [0.25, 0.3) is 0 Å². The molecular formula is C29H27N7O2S. The van der Waals surface area contributed by atoms with Crippen molar-refractivity contribution >= 4 is 52.5 Å². The van der Waals surface area contributed by atoms with Crippen LogP contribution in [0.15, 0.2) is 102 Å². The Labute approximate surface area is 232 Å². The van der Waals surface area contributed by atoms with Crippen LogP contribution in [0.3, 0.4) is 0 Å². The number of carbonyl (C=O) groups excluding carboxylic acids is 1. The van der Waals surface area contributed by atoms with Crippen LogP contribution in [0.2, 0.25) is 0 Å². The van der Waals surface area contributed by atoms with Gasteiger partial charge in [-0.1, -0.05) is 66.7 Å². The molecule has 3 aromatic carbocycles. The fourth-order valence-electron chi connectivity index (χ4n) is 4.23. The number of thiocarbonyl (C=S) groups is 1. The highest BCUT2D eigenvalue weighted by molar-refractivity contribution is 7.80. The van der Waals surface area contributed by atoms with Crippen molar-refractivity contribution in [1.29, 1.82) is 0 Å². The Morgan fingerprint density at radius 1 is 0.872 bits per heavy atom. The van der Waals surface area contributed by atoms with E-state index in [-0.39, 0.29) is 12.6 Å². The van der Waals surface area contributed by atoms with Gasteiger partial charge < -0.3 is 20.7 Å². The second-order valence-electron chi connectivity index (χ2n) is 8.61. The molecule has 0 saturated heterocycles. The van der Waals surface area contributed by atoms with Crippen molar-refractivity contribution in [2.45, 2.75) is 19.9 Å². The van der Waals surface area contributed by atoms with Gasteiger partial charge in [0.1, 0.15) is 0 Å². The standard InChI is InChI=1S/C29H27N7O2S/c1-3-38-25(37)23-19(2)36(29(39)32-24(23)20-13-7-4-8-14-20)28-34-26(30-21-15-9-5-10-16-21)33-27(35-28)31-22-17-11-6-12-18-22/h4-18,24H,3H2,1-2H3,(H,32,39)(H2,30,31,33,34,35). The number of para-hydroxylation sites is 2. The lowest BCUT2D eigenvalue weighted by molar-refractivity contribution is -0.139.